The third kappa shape index (κ3) is 5.17. The Balaban J connectivity index is 2.74. The van der Waals surface area contributed by atoms with Crippen LogP contribution in [0.2, 0.25) is 0 Å². The van der Waals surface area contributed by atoms with Crippen LogP contribution in [-0.2, 0) is 14.8 Å². The molecule has 112 valence electrons. The molecule has 0 aliphatic heterocycles. The lowest BCUT2D eigenvalue weighted by Gasteiger charge is -2.15. The molecule has 0 radical (unpaired) electrons. The molecule has 0 saturated carbocycles. The van der Waals surface area contributed by atoms with E-state index >= 15 is 0 Å². The van der Waals surface area contributed by atoms with E-state index in [0.29, 0.717) is 5.56 Å². The summed E-state index contributed by atoms with van der Waals surface area (Å²) in [4.78, 5) is 11.0. The molecule has 0 bridgehead atoms. The minimum absolute atomic E-state index is 0.116. The Labute approximate surface area is 114 Å². The van der Waals surface area contributed by atoms with Gasteiger partial charge in [-0.1, -0.05) is 12.1 Å². The number of alkyl halides is 3. The van der Waals surface area contributed by atoms with Crippen molar-refractivity contribution in [1.82, 2.24) is 5.32 Å². The minimum Gasteiger partial charge on any atom is -0.349 e. The number of carbonyl (C=O) groups is 1. The second kappa shape index (κ2) is 5.80. The van der Waals surface area contributed by atoms with Crippen LogP contribution in [-0.4, -0.2) is 20.5 Å². The molecule has 9 heteroatoms. The Morgan fingerprint density at radius 3 is 2.20 bits per heavy atom. The molecular weight excluding hydrogens is 297 g/mol. The monoisotopic (exact) mass is 310 g/mol. The number of halogens is 3. The number of hydrogen-bond acceptors (Lipinski definition) is 3. The summed E-state index contributed by atoms with van der Waals surface area (Å²) in [6.07, 6.45) is -6.13. The van der Waals surface area contributed by atoms with E-state index in [9.17, 15) is 26.4 Å². The van der Waals surface area contributed by atoms with Crippen LogP contribution in [0, 0.1) is 0 Å². The molecule has 1 atom stereocenters. The van der Waals surface area contributed by atoms with Gasteiger partial charge in [0.05, 0.1) is 10.9 Å². The molecule has 1 unspecified atom stereocenters. The minimum atomic E-state index is -4.57. The maximum Gasteiger partial charge on any atom is 0.397 e. The summed E-state index contributed by atoms with van der Waals surface area (Å²) >= 11 is 0. The number of nitrogens with two attached hydrogens (primary N) is 1. The van der Waals surface area contributed by atoms with Gasteiger partial charge in [-0.05, 0) is 24.6 Å². The first-order valence-corrected chi connectivity index (χ1v) is 7.02. The lowest BCUT2D eigenvalue weighted by Crippen LogP contribution is -2.30. The highest BCUT2D eigenvalue weighted by atomic mass is 32.2. The molecule has 0 fully saturated rings. The first-order valence-electron chi connectivity index (χ1n) is 5.48. The highest BCUT2D eigenvalue weighted by Gasteiger charge is 2.31. The van der Waals surface area contributed by atoms with Crippen molar-refractivity contribution in [3.63, 3.8) is 0 Å². The predicted molar refractivity (Wildman–Crippen MR) is 65.0 cm³/mol. The number of hydrogen-bond donors (Lipinski definition) is 2. The quantitative estimate of drug-likeness (QED) is 0.882. The molecule has 0 aliphatic rings. The second-order valence-corrected chi connectivity index (χ2v) is 5.76. The summed E-state index contributed by atoms with van der Waals surface area (Å²) in [5.41, 5.74) is 0.466. The van der Waals surface area contributed by atoms with Crippen molar-refractivity contribution >= 4 is 15.9 Å². The summed E-state index contributed by atoms with van der Waals surface area (Å²) in [6.45, 7) is 1.49. The molecule has 0 aromatic heterocycles. The maximum atomic E-state index is 12.0. The van der Waals surface area contributed by atoms with Crippen molar-refractivity contribution in [1.29, 1.82) is 0 Å². The lowest BCUT2D eigenvalue weighted by molar-refractivity contribution is -0.154. The topological polar surface area (TPSA) is 89.3 Å². The number of carbonyl (C=O) groups excluding carboxylic acids is 1. The van der Waals surface area contributed by atoms with Gasteiger partial charge in [0, 0.05) is 0 Å². The van der Waals surface area contributed by atoms with Crippen LogP contribution in [0.15, 0.2) is 29.2 Å². The van der Waals surface area contributed by atoms with Gasteiger partial charge in [0.25, 0.3) is 0 Å². The number of benzene rings is 1. The van der Waals surface area contributed by atoms with Gasteiger partial charge >= 0.3 is 6.18 Å². The Hall–Kier alpha value is -1.61. The van der Waals surface area contributed by atoms with Crippen LogP contribution in [0.3, 0.4) is 0 Å². The van der Waals surface area contributed by atoms with E-state index in [4.69, 9.17) is 5.14 Å². The number of rotatable bonds is 4. The van der Waals surface area contributed by atoms with E-state index in [1.165, 1.54) is 31.2 Å². The molecule has 1 amide bonds. The van der Waals surface area contributed by atoms with E-state index in [1.54, 1.807) is 0 Å². The predicted octanol–water partition coefficient (Wildman–Crippen LogP) is 1.46. The van der Waals surface area contributed by atoms with Crippen LogP contribution >= 0.6 is 0 Å². The van der Waals surface area contributed by atoms with E-state index in [-0.39, 0.29) is 4.90 Å². The molecular formula is C11H13F3N2O3S. The van der Waals surface area contributed by atoms with E-state index in [0.717, 1.165) is 0 Å². The first-order chi connectivity index (χ1) is 8.99. The average molecular weight is 310 g/mol. The molecule has 0 aliphatic carbocycles. The zero-order valence-corrected chi connectivity index (χ0v) is 11.3. The van der Waals surface area contributed by atoms with Gasteiger partial charge in [-0.25, -0.2) is 13.6 Å². The molecule has 1 rings (SSSR count). The fourth-order valence-electron chi connectivity index (χ4n) is 1.50. The third-order valence-electron chi connectivity index (χ3n) is 2.45. The van der Waals surface area contributed by atoms with Crippen LogP contribution in [0.1, 0.15) is 24.9 Å². The van der Waals surface area contributed by atoms with Crippen molar-refractivity contribution in [2.75, 3.05) is 0 Å². The molecule has 1 aromatic rings. The average Bonchev–Trinajstić information content (AvgIpc) is 2.25. The van der Waals surface area contributed by atoms with Gasteiger partial charge in [0.2, 0.25) is 15.9 Å². The summed E-state index contributed by atoms with van der Waals surface area (Å²) in [5.74, 6) is -1.15. The van der Waals surface area contributed by atoms with E-state index in [2.05, 4.69) is 5.32 Å². The zero-order chi connectivity index (χ0) is 15.6. The van der Waals surface area contributed by atoms with Gasteiger partial charge < -0.3 is 5.32 Å². The van der Waals surface area contributed by atoms with Crippen LogP contribution in [0.4, 0.5) is 13.2 Å². The second-order valence-electron chi connectivity index (χ2n) is 4.20. The summed E-state index contributed by atoms with van der Waals surface area (Å²) in [5, 5.41) is 7.08. The lowest BCUT2D eigenvalue weighted by atomic mass is 10.1. The Kier molecular flexibility index (Phi) is 4.77. The fraction of sp³-hybridized carbons (Fsp3) is 0.364. The van der Waals surface area contributed by atoms with Gasteiger partial charge in [-0.2, -0.15) is 13.2 Å². The molecule has 5 nitrogen and oxygen atoms in total. The molecule has 3 N–H and O–H groups in total. The summed E-state index contributed by atoms with van der Waals surface area (Å²) in [6, 6.07) is 4.50. The Bertz CT molecular complexity index is 582. The van der Waals surface area contributed by atoms with E-state index < -0.39 is 34.6 Å². The molecule has 0 spiro atoms. The number of sulfonamides is 1. The maximum absolute atomic E-state index is 12.0. The van der Waals surface area contributed by atoms with Crippen LogP contribution in [0.25, 0.3) is 0 Å². The normalized spacial score (nSPS) is 13.8. The number of primary sulfonamides is 1. The Morgan fingerprint density at radius 1 is 1.30 bits per heavy atom. The van der Waals surface area contributed by atoms with Crippen molar-refractivity contribution < 1.29 is 26.4 Å². The van der Waals surface area contributed by atoms with Gasteiger partial charge in [0.15, 0.2) is 0 Å². The molecule has 1 aromatic carbocycles. The smallest absolute Gasteiger partial charge is 0.349 e. The van der Waals surface area contributed by atoms with Crippen molar-refractivity contribution in [2.45, 2.75) is 30.5 Å². The standard InChI is InChI=1S/C11H13F3N2O3S/c1-7(16-10(17)6-11(12,13)14)8-2-4-9(5-3-8)20(15,18)19/h2-5,7H,6H2,1H3,(H,16,17)(H2,15,18,19). The van der Waals surface area contributed by atoms with Crippen molar-refractivity contribution in [3.05, 3.63) is 29.8 Å². The van der Waals surface area contributed by atoms with Crippen molar-refractivity contribution in [2.24, 2.45) is 5.14 Å². The van der Waals surface area contributed by atoms with Gasteiger partial charge in [-0.3, -0.25) is 4.79 Å². The summed E-state index contributed by atoms with van der Waals surface area (Å²) in [7, 11) is -3.83. The van der Waals surface area contributed by atoms with Gasteiger partial charge in [0.1, 0.15) is 6.42 Å². The third-order valence-corrected chi connectivity index (χ3v) is 3.38. The van der Waals surface area contributed by atoms with Crippen molar-refractivity contribution in [3.8, 4) is 0 Å². The Morgan fingerprint density at radius 2 is 1.80 bits per heavy atom. The highest BCUT2D eigenvalue weighted by molar-refractivity contribution is 7.89. The molecule has 20 heavy (non-hydrogen) atoms. The zero-order valence-electron chi connectivity index (χ0n) is 10.4. The molecule has 0 saturated heterocycles. The van der Waals surface area contributed by atoms with Gasteiger partial charge in [-0.15, -0.1) is 0 Å². The number of nitrogens with one attached hydrogen (secondary N) is 1. The SMILES string of the molecule is CC(NC(=O)CC(F)(F)F)c1ccc(S(N)(=O)=O)cc1. The van der Waals surface area contributed by atoms with E-state index in [1.807, 2.05) is 0 Å². The fourth-order valence-corrected chi connectivity index (χ4v) is 2.02. The largest absolute Gasteiger partial charge is 0.397 e. The molecule has 0 heterocycles. The number of amides is 1. The first kappa shape index (κ1) is 16.4. The highest BCUT2D eigenvalue weighted by Crippen LogP contribution is 2.21. The summed E-state index contributed by atoms with van der Waals surface area (Å²) < 4.78 is 58.1. The van der Waals surface area contributed by atoms with Crippen LogP contribution in [0.5, 0.6) is 0 Å². The van der Waals surface area contributed by atoms with Crippen LogP contribution < -0.4 is 10.5 Å².